The van der Waals surface area contributed by atoms with Crippen molar-refractivity contribution in [2.75, 3.05) is 38.6 Å². The molecule has 1 aliphatic rings. The van der Waals surface area contributed by atoms with E-state index >= 15 is 0 Å². The molecule has 1 fully saturated rings. The average Bonchev–Trinajstić information content (AvgIpc) is 3.09. The average molecular weight is 287 g/mol. The maximum Gasteiger partial charge on any atom is 0.152 e. The lowest BCUT2D eigenvalue weighted by Gasteiger charge is -2.21. The lowest BCUT2D eigenvalue weighted by Crippen LogP contribution is -2.32. The minimum absolute atomic E-state index is 0.627. The van der Waals surface area contributed by atoms with E-state index in [1.54, 1.807) is 0 Å². The van der Waals surface area contributed by atoms with Crippen LogP contribution in [0.4, 0.5) is 5.82 Å². The van der Waals surface area contributed by atoms with E-state index < -0.39 is 0 Å². The minimum Gasteiger partial charge on any atom is -0.353 e. The molecule has 3 heterocycles. The van der Waals surface area contributed by atoms with Gasteiger partial charge in [0.25, 0.3) is 0 Å². The quantitative estimate of drug-likeness (QED) is 0.906. The fraction of sp³-hybridized carbons (Fsp3) is 0.562. The number of hydrogen-bond donors (Lipinski definition) is 1. The van der Waals surface area contributed by atoms with Gasteiger partial charge in [-0.1, -0.05) is 13.0 Å². The third kappa shape index (κ3) is 2.76. The van der Waals surface area contributed by atoms with Crippen LogP contribution in [0, 0.1) is 0 Å². The number of hydrogen-bond acceptors (Lipinski definition) is 4. The Morgan fingerprint density at radius 1 is 1.38 bits per heavy atom. The fourth-order valence-electron chi connectivity index (χ4n) is 3.05. The van der Waals surface area contributed by atoms with Crippen molar-refractivity contribution in [1.29, 1.82) is 0 Å². The van der Waals surface area contributed by atoms with E-state index in [1.165, 1.54) is 12.1 Å². The highest BCUT2D eigenvalue weighted by Gasteiger charge is 2.27. The van der Waals surface area contributed by atoms with Gasteiger partial charge in [-0.25, -0.2) is 4.98 Å². The maximum absolute atomic E-state index is 4.87. The molecule has 1 N–H and O–H groups in total. The normalized spacial score (nSPS) is 19.0. The summed E-state index contributed by atoms with van der Waals surface area (Å²) in [6.07, 6.45) is 3.32. The van der Waals surface area contributed by atoms with Crippen LogP contribution in [0.5, 0.6) is 0 Å². The summed E-state index contributed by atoms with van der Waals surface area (Å²) >= 11 is 0. The summed E-state index contributed by atoms with van der Waals surface area (Å²) in [5, 5.41) is 3.44. The first-order chi connectivity index (χ1) is 10.2. The van der Waals surface area contributed by atoms with Gasteiger partial charge in [0.2, 0.25) is 0 Å². The number of fused-ring (bicyclic) bond motifs is 1. The summed E-state index contributed by atoms with van der Waals surface area (Å²) in [5.41, 5.74) is 2.31. The molecule has 3 rings (SSSR count). The van der Waals surface area contributed by atoms with Crippen molar-refractivity contribution in [1.82, 2.24) is 19.6 Å². The Labute approximate surface area is 126 Å². The van der Waals surface area contributed by atoms with Crippen LogP contribution in [0.3, 0.4) is 0 Å². The van der Waals surface area contributed by atoms with Crippen LogP contribution in [0.2, 0.25) is 0 Å². The molecule has 0 saturated carbocycles. The van der Waals surface area contributed by atoms with Gasteiger partial charge in [0.05, 0.1) is 5.69 Å². The van der Waals surface area contributed by atoms with E-state index in [4.69, 9.17) is 4.98 Å². The Balaban J connectivity index is 1.93. The second-order valence-electron chi connectivity index (χ2n) is 5.94. The lowest BCUT2D eigenvalue weighted by molar-refractivity contribution is 0.315. The lowest BCUT2D eigenvalue weighted by atomic mass is 10.2. The van der Waals surface area contributed by atoms with Crippen molar-refractivity contribution >= 4 is 11.5 Å². The summed E-state index contributed by atoms with van der Waals surface area (Å²) in [6.45, 7) is 6.13. The molecule has 0 aliphatic carbocycles. The van der Waals surface area contributed by atoms with Crippen LogP contribution in [0.1, 0.15) is 19.0 Å². The van der Waals surface area contributed by atoms with Crippen molar-refractivity contribution < 1.29 is 0 Å². The third-order valence-electron chi connectivity index (χ3n) is 4.34. The number of nitrogens with one attached hydrogen (secondary N) is 1. The molecular formula is C16H25N5. The first kappa shape index (κ1) is 14.4. The molecule has 5 nitrogen and oxygen atoms in total. The number of aromatic nitrogens is 2. The molecule has 114 valence electrons. The molecule has 5 heteroatoms. The zero-order chi connectivity index (χ0) is 14.8. The Bertz CT molecular complexity index is 604. The molecule has 0 amide bonds. The molecule has 0 radical (unpaired) electrons. The van der Waals surface area contributed by atoms with Crippen LogP contribution in [0.25, 0.3) is 5.65 Å². The molecule has 2 aromatic rings. The highest BCUT2D eigenvalue weighted by atomic mass is 15.3. The summed E-state index contributed by atoms with van der Waals surface area (Å²) in [7, 11) is 4.33. The van der Waals surface area contributed by atoms with Crippen LogP contribution in [-0.2, 0) is 6.54 Å². The summed E-state index contributed by atoms with van der Waals surface area (Å²) in [5.74, 6) is 1.14. The summed E-state index contributed by atoms with van der Waals surface area (Å²) < 4.78 is 2.21. The minimum atomic E-state index is 0.627. The largest absolute Gasteiger partial charge is 0.353 e. The topological polar surface area (TPSA) is 35.8 Å². The Morgan fingerprint density at radius 2 is 2.24 bits per heavy atom. The second-order valence-corrected chi connectivity index (χ2v) is 5.94. The highest BCUT2D eigenvalue weighted by molar-refractivity contribution is 5.56. The molecule has 1 aliphatic heterocycles. The van der Waals surface area contributed by atoms with Gasteiger partial charge in [0.1, 0.15) is 5.65 Å². The second kappa shape index (κ2) is 6.03. The molecule has 1 unspecified atom stereocenters. The molecule has 0 bridgehead atoms. The van der Waals surface area contributed by atoms with E-state index in [-0.39, 0.29) is 0 Å². The smallest absolute Gasteiger partial charge is 0.152 e. The van der Waals surface area contributed by atoms with Gasteiger partial charge in [-0.05, 0) is 39.2 Å². The number of likely N-dealkylation sites (N-methyl/N-ethyl adjacent to an activating group) is 1. The van der Waals surface area contributed by atoms with Crippen LogP contribution in [0.15, 0.2) is 24.4 Å². The molecule has 2 aromatic heterocycles. The van der Waals surface area contributed by atoms with Gasteiger partial charge in [-0.2, -0.15) is 0 Å². The van der Waals surface area contributed by atoms with Crippen LogP contribution >= 0.6 is 0 Å². The SMILES string of the molecule is CCNCc1c(N2CCC(N(C)C)C2)nc2ccccn12. The van der Waals surface area contributed by atoms with Crippen molar-refractivity contribution in [3.63, 3.8) is 0 Å². The zero-order valence-electron chi connectivity index (χ0n) is 13.2. The van der Waals surface area contributed by atoms with Gasteiger partial charge in [0.15, 0.2) is 5.82 Å². The Kier molecular flexibility index (Phi) is 4.12. The van der Waals surface area contributed by atoms with E-state index in [0.29, 0.717) is 6.04 Å². The van der Waals surface area contributed by atoms with Gasteiger partial charge < -0.3 is 19.5 Å². The van der Waals surface area contributed by atoms with Gasteiger partial charge in [-0.3, -0.25) is 0 Å². The van der Waals surface area contributed by atoms with Crippen LogP contribution in [-0.4, -0.2) is 54.1 Å². The number of nitrogens with zero attached hydrogens (tertiary/aromatic N) is 4. The number of anilines is 1. The Hall–Kier alpha value is -1.59. The van der Waals surface area contributed by atoms with E-state index in [1.807, 2.05) is 0 Å². The predicted molar refractivity (Wildman–Crippen MR) is 86.9 cm³/mol. The third-order valence-corrected chi connectivity index (χ3v) is 4.34. The summed E-state index contributed by atoms with van der Waals surface area (Å²) in [4.78, 5) is 9.63. The zero-order valence-corrected chi connectivity index (χ0v) is 13.2. The standard InChI is InChI=1S/C16H25N5/c1-4-17-11-14-16(18-15-7-5-6-9-21(14)15)20-10-8-13(12-20)19(2)3/h5-7,9,13,17H,4,8,10-12H2,1-3H3. The first-order valence-corrected chi connectivity index (χ1v) is 7.78. The highest BCUT2D eigenvalue weighted by Crippen LogP contribution is 2.26. The molecule has 1 saturated heterocycles. The molecule has 1 atom stereocenters. The number of pyridine rings is 1. The van der Waals surface area contributed by atoms with Crippen molar-refractivity contribution in [3.8, 4) is 0 Å². The molecule has 0 aromatic carbocycles. The van der Waals surface area contributed by atoms with Crippen LogP contribution < -0.4 is 10.2 Å². The fourth-order valence-corrected chi connectivity index (χ4v) is 3.05. The molecule has 21 heavy (non-hydrogen) atoms. The van der Waals surface area contributed by atoms with Crippen molar-refractivity contribution in [3.05, 3.63) is 30.1 Å². The molecular weight excluding hydrogens is 262 g/mol. The van der Waals surface area contributed by atoms with E-state index in [9.17, 15) is 0 Å². The van der Waals surface area contributed by atoms with E-state index in [2.05, 4.69) is 64.9 Å². The first-order valence-electron chi connectivity index (χ1n) is 7.78. The van der Waals surface area contributed by atoms with Gasteiger partial charge in [-0.15, -0.1) is 0 Å². The Morgan fingerprint density at radius 3 is 2.95 bits per heavy atom. The number of imidazole rings is 1. The van der Waals surface area contributed by atoms with Gasteiger partial charge >= 0.3 is 0 Å². The maximum atomic E-state index is 4.87. The monoisotopic (exact) mass is 287 g/mol. The predicted octanol–water partition coefficient (Wildman–Crippen LogP) is 1.58. The summed E-state index contributed by atoms with van der Waals surface area (Å²) in [6, 6.07) is 6.83. The molecule has 0 spiro atoms. The van der Waals surface area contributed by atoms with Crippen molar-refractivity contribution in [2.24, 2.45) is 0 Å². The number of rotatable bonds is 5. The van der Waals surface area contributed by atoms with E-state index in [0.717, 1.165) is 37.6 Å². The van der Waals surface area contributed by atoms with Gasteiger partial charge in [0, 0.05) is 31.9 Å². The van der Waals surface area contributed by atoms with Crippen molar-refractivity contribution in [2.45, 2.75) is 25.9 Å².